The SMILES string of the molecule is COc1ccc(-c2nc(CCNC(=O)Cn3nc(-c4ccc5ccccc5c4)ccc3=O)cs2)cc1OC. The maximum Gasteiger partial charge on any atom is 0.267 e. The Hall–Kier alpha value is -4.50. The smallest absolute Gasteiger partial charge is 0.267 e. The van der Waals surface area contributed by atoms with Crippen molar-refractivity contribution >= 4 is 28.0 Å². The summed E-state index contributed by atoms with van der Waals surface area (Å²) < 4.78 is 11.9. The summed E-state index contributed by atoms with van der Waals surface area (Å²) in [7, 11) is 3.20. The van der Waals surface area contributed by atoms with Crippen molar-refractivity contribution in [1.29, 1.82) is 0 Å². The predicted molar refractivity (Wildman–Crippen MR) is 149 cm³/mol. The Kier molecular flexibility index (Phi) is 7.46. The Morgan fingerprint density at radius 3 is 2.53 bits per heavy atom. The summed E-state index contributed by atoms with van der Waals surface area (Å²) in [4.78, 5) is 29.6. The van der Waals surface area contributed by atoms with Crippen LogP contribution in [0.1, 0.15) is 5.69 Å². The molecule has 0 radical (unpaired) electrons. The molecule has 2 heterocycles. The van der Waals surface area contributed by atoms with Gasteiger partial charge in [-0.1, -0.05) is 36.4 Å². The van der Waals surface area contributed by atoms with E-state index in [0.29, 0.717) is 30.2 Å². The lowest BCUT2D eigenvalue weighted by atomic mass is 10.1. The van der Waals surface area contributed by atoms with E-state index in [4.69, 9.17) is 9.47 Å². The second kappa shape index (κ2) is 11.3. The number of aromatic nitrogens is 3. The fraction of sp³-hybridized carbons (Fsp3) is 0.172. The van der Waals surface area contributed by atoms with Crippen molar-refractivity contribution < 1.29 is 14.3 Å². The number of nitrogens with zero attached hydrogens (tertiary/aromatic N) is 3. The minimum atomic E-state index is -0.330. The van der Waals surface area contributed by atoms with Gasteiger partial charge in [0.15, 0.2) is 11.5 Å². The third kappa shape index (κ3) is 5.57. The molecule has 0 aliphatic heterocycles. The average Bonchev–Trinajstić information content (AvgIpc) is 3.42. The van der Waals surface area contributed by atoms with Crippen LogP contribution in [-0.4, -0.2) is 41.4 Å². The number of thiazole rings is 1. The molecule has 1 amide bonds. The molecule has 5 rings (SSSR count). The molecule has 0 unspecified atom stereocenters. The number of ether oxygens (including phenoxy) is 2. The fourth-order valence-corrected chi connectivity index (χ4v) is 4.96. The zero-order valence-electron chi connectivity index (χ0n) is 21.0. The average molecular weight is 527 g/mol. The topological polar surface area (TPSA) is 95.3 Å². The van der Waals surface area contributed by atoms with Crippen LogP contribution in [0.5, 0.6) is 11.5 Å². The lowest BCUT2D eigenvalue weighted by Gasteiger charge is -2.09. The van der Waals surface area contributed by atoms with Crippen molar-refractivity contribution in [2.45, 2.75) is 13.0 Å². The van der Waals surface area contributed by atoms with Gasteiger partial charge in [-0.25, -0.2) is 9.67 Å². The van der Waals surface area contributed by atoms with E-state index < -0.39 is 0 Å². The maximum atomic E-state index is 12.6. The molecule has 0 aliphatic carbocycles. The number of fused-ring (bicyclic) bond motifs is 1. The van der Waals surface area contributed by atoms with E-state index in [2.05, 4.69) is 15.4 Å². The lowest BCUT2D eigenvalue weighted by Crippen LogP contribution is -2.34. The van der Waals surface area contributed by atoms with Crippen molar-refractivity contribution in [2.24, 2.45) is 0 Å². The first-order valence-corrected chi connectivity index (χ1v) is 12.9. The number of hydrogen-bond acceptors (Lipinski definition) is 7. The number of rotatable bonds is 9. The fourth-order valence-electron chi connectivity index (χ4n) is 4.11. The Labute approximate surface area is 223 Å². The largest absolute Gasteiger partial charge is 0.493 e. The van der Waals surface area contributed by atoms with Gasteiger partial charge in [-0.2, -0.15) is 5.10 Å². The summed E-state index contributed by atoms with van der Waals surface area (Å²) in [5.74, 6) is 1.01. The van der Waals surface area contributed by atoms with Crippen molar-refractivity contribution in [3.63, 3.8) is 0 Å². The highest BCUT2D eigenvalue weighted by Gasteiger charge is 2.11. The standard InChI is InChI=1S/C29H26N4O4S/c1-36-25-11-9-22(16-26(25)37-2)29-31-23(18-38-29)13-14-30-27(34)17-33-28(35)12-10-24(32-33)21-8-7-19-5-3-4-6-20(19)15-21/h3-12,15-16,18H,13-14,17H2,1-2H3,(H,30,34). The highest BCUT2D eigenvalue weighted by Crippen LogP contribution is 2.33. The van der Waals surface area contributed by atoms with Crippen LogP contribution in [0, 0.1) is 0 Å². The first-order valence-electron chi connectivity index (χ1n) is 12.0. The lowest BCUT2D eigenvalue weighted by molar-refractivity contribution is -0.121. The molecule has 0 saturated carbocycles. The minimum Gasteiger partial charge on any atom is -0.493 e. The van der Waals surface area contributed by atoms with Crippen LogP contribution >= 0.6 is 11.3 Å². The van der Waals surface area contributed by atoms with Gasteiger partial charge in [0.2, 0.25) is 5.91 Å². The van der Waals surface area contributed by atoms with E-state index in [1.165, 1.54) is 22.1 Å². The van der Waals surface area contributed by atoms with Crippen LogP contribution in [0.3, 0.4) is 0 Å². The molecule has 192 valence electrons. The number of methoxy groups -OCH3 is 2. The molecule has 8 nitrogen and oxygen atoms in total. The van der Waals surface area contributed by atoms with Gasteiger partial charge in [0.05, 0.1) is 25.6 Å². The van der Waals surface area contributed by atoms with Crippen molar-refractivity contribution in [2.75, 3.05) is 20.8 Å². The van der Waals surface area contributed by atoms with Crippen LogP contribution in [-0.2, 0) is 17.8 Å². The van der Waals surface area contributed by atoms with Gasteiger partial charge in [0, 0.05) is 35.5 Å². The van der Waals surface area contributed by atoms with E-state index >= 15 is 0 Å². The monoisotopic (exact) mass is 526 g/mol. The molecule has 0 atom stereocenters. The molecule has 2 aromatic heterocycles. The molecule has 5 aromatic rings. The molecule has 0 spiro atoms. The molecule has 0 aliphatic rings. The van der Waals surface area contributed by atoms with Crippen molar-refractivity contribution in [3.8, 4) is 33.3 Å². The van der Waals surface area contributed by atoms with Crippen molar-refractivity contribution in [1.82, 2.24) is 20.1 Å². The number of carbonyl (C=O) groups excluding carboxylic acids is 1. The second-order valence-electron chi connectivity index (χ2n) is 8.59. The normalized spacial score (nSPS) is 10.9. The van der Waals surface area contributed by atoms with Gasteiger partial charge in [-0.3, -0.25) is 9.59 Å². The maximum absolute atomic E-state index is 12.6. The number of benzene rings is 3. The molecule has 38 heavy (non-hydrogen) atoms. The summed E-state index contributed by atoms with van der Waals surface area (Å²) >= 11 is 1.52. The highest BCUT2D eigenvalue weighted by molar-refractivity contribution is 7.13. The third-order valence-corrected chi connectivity index (χ3v) is 7.03. The predicted octanol–water partition coefficient (Wildman–Crippen LogP) is 4.56. The number of amides is 1. The van der Waals surface area contributed by atoms with E-state index in [1.807, 2.05) is 66.0 Å². The summed E-state index contributed by atoms with van der Waals surface area (Å²) in [5.41, 5.74) is 2.98. The summed E-state index contributed by atoms with van der Waals surface area (Å²) in [5, 5.41) is 12.3. The third-order valence-electron chi connectivity index (χ3n) is 6.09. The van der Waals surface area contributed by atoms with Gasteiger partial charge in [0.25, 0.3) is 5.56 Å². The minimum absolute atomic E-state index is 0.159. The first kappa shape index (κ1) is 25.2. The summed E-state index contributed by atoms with van der Waals surface area (Å²) in [6, 6.07) is 22.8. The summed E-state index contributed by atoms with van der Waals surface area (Å²) in [6.45, 7) is 0.237. The molecule has 0 bridgehead atoms. The Morgan fingerprint density at radius 1 is 0.921 bits per heavy atom. The molecule has 1 N–H and O–H groups in total. The molecule has 0 fully saturated rings. The van der Waals surface area contributed by atoms with Crippen molar-refractivity contribution in [3.05, 3.63) is 94.2 Å². The van der Waals surface area contributed by atoms with Gasteiger partial charge in [0.1, 0.15) is 11.6 Å². The van der Waals surface area contributed by atoms with E-state index in [-0.39, 0.29) is 18.0 Å². The Morgan fingerprint density at radius 2 is 1.71 bits per heavy atom. The zero-order valence-corrected chi connectivity index (χ0v) is 21.8. The Balaban J connectivity index is 1.20. The highest BCUT2D eigenvalue weighted by atomic mass is 32.1. The quantitative estimate of drug-likeness (QED) is 0.303. The van der Waals surface area contributed by atoms with Gasteiger partial charge >= 0.3 is 0 Å². The zero-order chi connectivity index (χ0) is 26.5. The number of carbonyl (C=O) groups is 1. The van der Waals surface area contributed by atoms with Crippen LogP contribution < -0.4 is 20.3 Å². The molecular weight excluding hydrogens is 500 g/mol. The van der Waals surface area contributed by atoms with E-state index in [0.717, 1.165) is 32.6 Å². The van der Waals surface area contributed by atoms with Crippen LogP contribution in [0.15, 0.2) is 83.0 Å². The van der Waals surface area contributed by atoms with Crippen LogP contribution in [0.2, 0.25) is 0 Å². The first-order chi connectivity index (χ1) is 18.5. The molecule has 9 heteroatoms. The Bertz CT molecular complexity index is 1660. The molecule has 0 saturated heterocycles. The van der Waals surface area contributed by atoms with Crippen LogP contribution in [0.25, 0.3) is 32.6 Å². The van der Waals surface area contributed by atoms with E-state index in [9.17, 15) is 9.59 Å². The number of nitrogens with one attached hydrogen (secondary N) is 1. The van der Waals surface area contributed by atoms with Gasteiger partial charge in [-0.05, 0) is 41.1 Å². The summed E-state index contributed by atoms with van der Waals surface area (Å²) in [6.07, 6.45) is 0.564. The van der Waals surface area contributed by atoms with Crippen LogP contribution in [0.4, 0.5) is 0 Å². The van der Waals surface area contributed by atoms with E-state index in [1.54, 1.807) is 20.3 Å². The molecule has 3 aromatic carbocycles. The van der Waals surface area contributed by atoms with Gasteiger partial charge < -0.3 is 14.8 Å². The molecular formula is C29H26N4O4S. The number of hydrogen-bond donors (Lipinski definition) is 1. The van der Waals surface area contributed by atoms with Gasteiger partial charge in [-0.15, -0.1) is 11.3 Å². The second-order valence-corrected chi connectivity index (χ2v) is 9.45.